The van der Waals surface area contributed by atoms with Crippen molar-refractivity contribution in [1.82, 2.24) is 0 Å². The fourth-order valence-corrected chi connectivity index (χ4v) is 1.09. The van der Waals surface area contributed by atoms with E-state index in [2.05, 4.69) is 6.07 Å². The smallest absolute Gasteiger partial charge is 0.135 e. The summed E-state index contributed by atoms with van der Waals surface area (Å²) in [4.78, 5) is 0. The molecular weight excluding hydrogens is 174 g/mol. The Bertz CT molecular complexity index is 427. The van der Waals surface area contributed by atoms with Gasteiger partial charge in [0.05, 0.1) is 17.9 Å². The summed E-state index contributed by atoms with van der Waals surface area (Å²) in [5.74, 6) is 0. The lowest BCUT2D eigenvalue weighted by molar-refractivity contribution is 0.616. The molecule has 0 N–H and O–H groups in total. The standard InChI is InChI=1S/C9H5NO.ClH/c10-6-7-2-1-3-9-8(7)4-5-11-9;/h1-5H;1H. The van der Waals surface area contributed by atoms with Gasteiger partial charge < -0.3 is 4.42 Å². The summed E-state index contributed by atoms with van der Waals surface area (Å²) in [6.45, 7) is 0. The number of benzene rings is 1. The number of rotatable bonds is 0. The second-order valence-electron chi connectivity index (χ2n) is 2.25. The van der Waals surface area contributed by atoms with Crippen molar-refractivity contribution in [3.8, 4) is 6.07 Å². The van der Waals surface area contributed by atoms with Crippen LogP contribution in [0.15, 0.2) is 34.9 Å². The highest BCUT2D eigenvalue weighted by molar-refractivity contribution is 5.85. The molecule has 0 aliphatic rings. The number of halogens is 1. The Morgan fingerprint density at radius 3 is 2.83 bits per heavy atom. The molecule has 0 atom stereocenters. The average molecular weight is 180 g/mol. The van der Waals surface area contributed by atoms with Crippen molar-refractivity contribution in [2.24, 2.45) is 0 Å². The Morgan fingerprint density at radius 1 is 1.25 bits per heavy atom. The monoisotopic (exact) mass is 179 g/mol. The third-order valence-electron chi connectivity index (χ3n) is 1.62. The molecule has 0 amide bonds. The zero-order valence-corrected chi connectivity index (χ0v) is 6.97. The molecule has 1 heterocycles. The van der Waals surface area contributed by atoms with Gasteiger partial charge in [0.25, 0.3) is 0 Å². The van der Waals surface area contributed by atoms with Crippen LogP contribution in [0.2, 0.25) is 0 Å². The lowest BCUT2D eigenvalue weighted by atomic mass is 10.1. The van der Waals surface area contributed by atoms with Gasteiger partial charge in [0.15, 0.2) is 0 Å². The minimum atomic E-state index is 0. The molecule has 0 saturated carbocycles. The largest absolute Gasteiger partial charge is 0.464 e. The second kappa shape index (κ2) is 3.29. The van der Waals surface area contributed by atoms with Crippen molar-refractivity contribution in [2.45, 2.75) is 0 Å². The zero-order valence-electron chi connectivity index (χ0n) is 6.15. The molecule has 0 spiro atoms. The van der Waals surface area contributed by atoms with Gasteiger partial charge in [0, 0.05) is 5.39 Å². The SMILES string of the molecule is Cl.N#Cc1cccc2occc12. The highest BCUT2D eigenvalue weighted by Crippen LogP contribution is 2.18. The molecule has 1 aromatic heterocycles. The maximum atomic E-state index is 8.66. The molecule has 0 saturated heterocycles. The van der Waals surface area contributed by atoms with E-state index in [0.717, 1.165) is 11.0 Å². The van der Waals surface area contributed by atoms with Gasteiger partial charge in [-0.1, -0.05) is 6.07 Å². The molecule has 1 aromatic carbocycles. The topological polar surface area (TPSA) is 36.9 Å². The Kier molecular flexibility index (Phi) is 2.37. The predicted molar refractivity (Wildman–Crippen MR) is 48.2 cm³/mol. The van der Waals surface area contributed by atoms with Crippen molar-refractivity contribution in [1.29, 1.82) is 5.26 Å². The van der Waals surface area contributed by atoms with Crippen LogP contribution in [0.3, 0.4) is 0 Å². The van der Waals surface area contributed by atoms with Gasteiger partial charge >= 0.3 is 0 Å². The molecule has 3 heteroatoms. The molecule has 0 aliphatic carbocycles. The lowest BCUT2D eigenvalue weighted by Crippen LogP contribution is -1.72. The van der Waals surface area contributed by atoms with Crippen LogP contribution in [0.4, 0.5) is 0 Å². The minimum Gasteiger partial charge on any atom is -0.464 e. The van der Waals surface area contributed by atoms with Crippen LogP contribution >= 0.6 is 12.4 Å². The van der Waals surface area contributed by atoms with E-state index in [1.807, 2.05) is 12.1 Å². The van der Waals surface area contributed by atoms with Crippen LogP contribution in [-0.4, -0.2) is 0 Å². The fourth-order valence-electron chi connectivity index (χ4n) is 1.09. The van der Waals surface area contributed by atoms with Crippen LogP contribution in [0, 0.1) is 11.3 Å². The molecule has 0 aliphatic heterocycles. The first-order chi connectivity index (χ1) is 5.42. The molecule has 2 nitrogen and oxygen atoms in total. The molecule has 0 bridgehead atoms. The molecule has 0 radical (unpaired) electrons. The molecular formula is C9H6ClNO. The summed E-state index contributed by atoms with van der Waals surface area (Å²) in [6, 6.07) is 9.32. The van der Waals surface area contributed by atoms with E-state index in [1.54, 1.807) is 18.4 Å². The predicted octanol–water partition coefficient (Wildman–Crippen LogP) is 2.73. The minimum absolute atomic E-state index is 0. The number of hydrogen-bond acceptors (Lipinski definition) is 2. The molecule has 0 unspecified atom stereocenters. The lowest BCUT2D eigenvalue weighted by Gasteiger charge is -1.88. The Hall–Kier alpha value is -1.46. The van der Waals surface area contributed by atoms with Gasteiger partial charge in [-0.15, -0.1) is 12.4 Å². The first-order valence-electron chi connectivity index (χ1n) is 3.28. The van der Waals surface area contributed by atoms with Gasteiger partial charge in [0.1, 0.15) is 5.58 Å². The first kappa shape index (κ1) is 8.63. The van der Waals surface area contributed by atoms with Crippen molar-refractivity contribution in [3.05, 3.63) is 36.1 Å². The van der Waals surface area contributed by atoms with E-state index in [4.69, 9.17) is 9.68 Å². The second-order valence-corrected chi connectivity index (χ2v) is 2.25. The summed E-state index contributed by atoms with van der Waals surface area (Å²) >= 11 is 0. The average Bonchev–Trinajstić information content (AvgIpc) is 2.50. The van der Waals surface area contributed by atoms with E-state index >= 15 is 0 Å². The summed E-state index contributed by atoms with van der Waals surface area (Å²) < 4.78 is 5.11. The number of hydrogen-bond donors (Lipinski definition) is 0. The van der Waals surface area contributed by atoms with E-state index in [0.29, 0.717) is 5.56 Å². The molecule has 2 aromatic rings. The van der Waals surface area contributed by atoms with E-state index < -0.39 is 0 Å². The highest BCUT2D eigenvalue weighted by Gasteiger charge is 1.99. The Balaban J connectivity index is 0.000000720. The molecule has 2 rings (SSSR count). The van der Waals surface area contributed by atoms with E-state index in [9.17, 15) is 0 Å². The van der Waals surface area contributed by atoms with E-state index in [1.165, 1.54) is 0 Å². The number of nitriles is 1. The molecule has 12 heavy (non-hydrogen) atoms. The summed E-state index contributed by atoms with van der Waals surface area (Å²) in [5.41, 5.74) is 1.43. The normalized spacial score (nSPS) is 8.92. The van der Waals surface area contributed by atoms with Gasteiger partial charge in [-0.3, -0.25) is 0 Å². The van der Waals surface area contributed by atoms with Crippen LogP contribution in [0.5, 0.6) is 0 Å². The van der Waals surface area contributed by atoms with Crippen molar-refractivity contribution in [2.75, 3.05) is 0 Å². The van der Waals surface area contributed by atoms with Crippen molar-refractivity contribution < 1.29 is 4.42 Å². The van der Waals surface area contributed by atoms with Crippen LogP contribution in [0.1, 0.15) is 5.56 Å². The van der Waals surface area contributed by atoms with Gasteiger partial charge in [-0.05, 0) is 18.2 Å². The Labute approximate surface area is 75.8 Å². The van der Waals surface area contributed by atoms with Crippen LogP contribution in [-0.2, 0) is 0 Å². The Morgan fingerprint density at radius 2 is 2.08 bits per heavy atom. The number of nitrogens with zero attached hydrogens (tertiary/aromatic N) is 1. The zero-order chi connectivity index (χ0) is 7.68. The quantitative estimate of drug-likeness (QED) is 0.624. The third kappa shape index (κ3) is 1.15. The van der Waals surface area contributed by atoms with Gasteiger partial charge in [-0.2, -0.15) is 5.26 Å². The summed E-state index contributed by atoms with van der Waals surface area (Å²) in [7, 11) is 0. The van der Waals surface area contributed by atoms with Gasteiger partial charge in [0.2, 0.25) is 0 Å². The highest BCUT2D eigenvalue weighted by atomic mass is 35.5. The summed E-state index contributed by atoms with van der Waals surface area (Å²) in [6.07, 6.45) is 1.59. The third-order valence-corrected chi connectivity index (χ3v) is 1.62. The van der Waals surface area contributed by atoms with E-state index in [-0.39, 0.29) is 12.4 Å². The molecule has 0 fully saturated rings. The summed E-state index contributed by atoms with van der Waals surface area (Å²) in [5, 5.41) is 9.55. The fraction of sp³-hybridized carbons (Fsp3) is 0. The van der Waals surface area contributed by atoms with Crippen molar-refractivity contribution >= 4 is 23.4 Å². The number of furan rings is 1. The first-order valence-corrected chi connectivity index (χ1v) is 3.28. The maximum Gasteiger partial charge on any atom is 0.135 e. The van der Waals surface area contributed by atoms with Gasteiger partial charge in [-0.25, -0.2) is 0 Å². The number of fused-ring (bicyclic) bond motifs is 1. The van der Waals surface area contributed by atoms with Crippen molar-refractivity contribution in [3.63, 3.8) is 0 Å². The van der Waals surface area contributed by atoms with Crippen LogP contribution in [0.25, 0.3) is 11.0 Å². The van der Waals surface area contributed by atoms with Crippen LogP contribution < -0.4 is 0 Å². The molecule has 60 valence electrons. The maximum absolute atomic E-state index is 8.66.